The molecule has 3 rings (SSSR count). The van der Waals surface area contributed by atoms with Crippen LogP contribution in [-0.2, 0) is 12.8 Å². The lowest BCUT2D eigenvalue weighted by Crippen LogP contribution is -2.38. The molecular formula is C17H25NO2. The Hall–Kier alpha value is -1.22. The fourth-order valence-electron chi connectivity index (χ4n) is 4.02. The van der Waals surface area contributed by atoms with Gasteiger partial charge in [-0.25, -0.2) is 0 Å². The molecule has 1 heterocycles. The molecule has 0 N–H and O–H groups in total. The van der Waals surface area contributed by atoms with Crippen molar-refractivity contribution >= 4 is 0 Å². The Kier molecular flexibility index (Phi) is 3.88. The highest BCUT2D eigenvalue weighted by Gasteiger charge is 2.38. The Labute approximate surface area is 121 Å². The van der Waals surface area contributed by atoms with Gasteiger partial charge in [0.25, 0.3) is 0 Å². The van der Waals surface area contributed by atoms with E-state index in [1.807, 2.05) is 0 Å². The lowest BCUT2D eigenvalue weighted by Gasteiger charge is -2.34. The van der Waals surface area contributed by atoms with E-state index >= 15 is 0 Å². The minimum absolute atomic E-state index is 0.737. The second-order valence-electron chi connectivity index (χ2n) is 6.00. The van der Waals surface area contributed by atoms with E-state index in [1.54, 1.807) is 14.2 Å². The molecule has 0 aromatic heterocycles. The summed E-state index contributed by atoms with van der Waals surface area (Å²) in [5.74, 6) is 2.61. The molecule has 1 unspecified atom stereocenters. The van der Waals surface area contributed by atoms with Crippen LogP contribution < -0.4 is 9.47 Å². The Morgan fingerprint density at radius 3 is 2.75 bits per heavy atom. The summed E-state index contributed by atoms with van der Waals surface area (Å²) in [7, 11) is 3.47. The summed E-state index contributed by atoms with van der Waals surface area (Å²) in [4.78, 5) is 2.68. The Morgan fingerprint density at radius 1 is 1.20 bits per heavy atom. The van der Waals surface area contributed by atoms with Crippen LogP contribution in [0.4, 0.5) is 0 Å². The number of fused-ring (bicyclic) bond motifs is 2. The maximum absolute atomic E-state index is 5.62. The van der Waals surface area contributed by atoms with Gasteiger partial charge in [-0.15, -0.1) is 0 Å². The molecule has 1 aromatic carbocycles. The average molecular weight is 275 g/mol. The third kappa shape index (κ3) is 2.18. The standard InChI is InChI=1S/C17H25NO2/c1-4-8-18-9-7-13-10-14-12(11-15(13)18)5-6-16(19-2)17(14)20-3/h5-6,13,15H,4,7-11H2,1-3H3/t13-,15?/m1/s1. The molecule has 20 heavy (non-hydrogen) atoms. The topological polar surface area (TPSA) is 21.7 Å². The molecule has 3 heteroatoms. The highest BCUT2D eigenvalue weighted by molar-refractivity contribution is 5.52. The number of likely N-dealkylation sites (tertiary alicyclic amines) is 1. The van der Waals surface area contributed by atoms with Crippen LogP contribution in [0.1, 0.15) is 30.9 Å². The summed E-state index contributed by atoms with van der Waals surface area (Å²) in [5, 5.41) is 0. The highest BCUT2D eigenvalue weighted by Crippen LogP contribution is 2.42. The molecule has 110 valence electrons. The normalized spacial score (nSPS) is 25.1. The predicted molar refractivity (Wildman–Crippen MR) is 80.7 cm³/mol. The van der Waals surface area contributed by atoms with Crippen molar-refractivity contribution in [3.05, 3.63) is 23.3 Å². The first kappa shape index (κ1) is 13.7. The number of hydrogen-bond donors (Lipinski definition) is 0. The first-order chi connectivity index (χ1) is 9.78. The average Bonchev–Trinajstić information content (AvgIpc) is 2.86. The van der Waals surface area contributed by atoms with Crippen LogP contribution in [0.25, 0.3) is 0 Å². The van der Waals surface area contributed by atoms with Gasteiger partial charge in [0, 0.05) is 11.6 Å². The van der Waals surface area contributed by atoms with Crippen molar-refractivity contribution < 1.29 is 9.47 Å². The molecule has 1 fully saturated rings. The van der Waals surface area contributed by atoms with Gasteiger partial charge in [-0.1, -0.05) is 13.0 Å². The van der Waals surface area contributed by atoms with Crippen molar-refractivity contribution in [2.75, 3.05) is 27.3 Å². The van der Waals surface area contributed by atoms with Crippen molar-refractivity contribution in [1.82, 2.24) is 4.90 Å². The second kappa shape index (κ2) is 5.65. The molecule has 0 amide bonds. The summed E-state index contributed by atoms with van der Waals surface area (Å²) in [5.41, 5.74) is 2.83. The fourth-order valence-corrected chi connectivity index (χ4v) is 4.02. The smallest absolute Gasteiger partial charge is 0.164 e. The summed E-state index contributed by atoms with van der Waals surface area (Å²) in [6, 6.07) is 5.02. The Bertz CT molecular complexity index is 486. The van der Waals surface area contributed by atoms with Gasteiger partial charge in [0.2, 0.25) is 0 Å². The fraction of sp³-hybridized carbons (Fsp3) is 0.647. The van der Waals surface area contributed by atoms with Crippen molar-refractivity contribution in [2.45, 2.75) is 38.6 Å². The molecule has 0 saturated carbocycles. The number of nitrogens with zero attached hydrogens (tertiary/aromatic N) is 1. The number of ether oxygens (including phenoxy) is 2. The maximum atomic E-state index is 5.62. The van der Waals surface area contributed by atoms with E-state index in [2.05, 4.69) is 24.0 Å². The van der Waals surface area contributed by atoms with Gasteiger partial charge in [0.05, 0.1) is 14.2 Å². The van der Waals surface area contributed by atoms with Crippen LogP contribution in [0.2, 0.25) is 0 Å². The lowest BCUT2D eigenvalue weighted by atomic mass is 9.80. The molecule has 3 nitrogen and oxygen atoms in total. The third-order valence-electron chi connectivity index (χ3n) is 4.95. The minimum atomic E-state index is 0.737. The van der Waals surface area contributed by atoms with E-state index in [0.29, 0.717) is 0 Å². The minimum Gasteiger partial charge on any atom is -0.493 e. The molecule has 1 aliphatic carbocycles. The first-order valence-electron chi connectivity index (χ1n) is 7.75. The van der Waals surface area contributed by atoms with E-state index in [4.69, 9.17) is 9.47 Å². The molecule has 1 saturated heterocycles. The number of methoxy groups -OCH3 is 2. The molecule has 1 aliphatic heterocycles. The second-order valence-corrected chi connectivity index (χ2v) is 6.00. The molecule has 1 aromatic rings. The van der Waals surface area contributed by atoms with Crippen molar-refractivity contribution in [3.8, 4) is 11.5 Å². The van der Waals surface area contributed by atoms with Gasteiger partial charge < -0.3 is 9.47 Å². The monoisotopic (exact) mass is 275 g/mol. The largest absolute Gasteiger partial charge is 0.493 e. The van der Waals surface area contributed by atoms with E-state index < -0.39 is 0 Å². The van der Waals surface area contributed by atoms with Crippen molar-refractivity contribution in [3.63, 3.8) is 0 Å². The Balaban J connectivity index is 1.91. The molecule has 2 aliphatic rings. The summed E-state index contributed by atoms with van der Waals surface area (Å²) in [6.07, 6.45) is 4.88. The van der Waals surface area contributed by atoms with E-state index in [1.165, 1.54) is 43.5 Å². The summed E-state index contributed by atoms with van der Waals surface area (Å²) < 4.78 is 11.1. The van der Waals surface area contributed by atoms with Gasteiger partial charge >= 0.3 is 0 Å². The summed E-state index contributed by atoms with van der Waals surface area (Å²) >= 11 is 0. The first-order valence-corrected chi connectivity index (χ1v) is 7.75. The van der Waals surface area contributed by atoms with E-state index in [9.17, 15) is 0 Å². The zero-order valence-electron chi connectivity index (χ0n) is 12.8. The van der Waals surface area contributed by atoms with Gasteiger partial charge in [-0.3, -0.25) is 4.90 Å². The van der Waals surface area contributed by atoms with Gasteiger partial charge in [-0.05, 0) is 56.3 Å². The molecule has 2 atom stereocenters. The zero-order valence-corrected chi connectivity index (χ0v) is 12.8. The lowest BCUT2D eigenvalue weighted by molar-refractivity contribution is 0.214. The van der Waals surface area contributed by atoms with E-state index in [-0.39, 0.29) is 0 Å². The molecule has 0 radical (unpaired) electrons. The van der Waals surface area contributed by atoms with Crippen molar-refractivity contribution in [2.24, 2.45) is 5.92 Å². The van der Waals surface area contributed by atoms with Gasteiger partial charge in [-0.2, -0.15) is 0 Å². The van der Waals surface area contributed by atoms with Crippen LogP contribution in [0.3, 0.4) is 0 Å². The molecular weight excluding hydrogens is 250 g/mol. The highest BCUT2D eigenvalue weighted by atomic mass is 16.5. The SMILES string of the molecule is CCCN1CC[C@@H]2Cc3c(ccc(OC)c3OC)CC21. The zero-order chi connectivity index (χ0) is 14.1. The number of rotatable bonds is 4. The van der Waals surface area contributed by atoms with E-state index in [0.717, 1.165) is 29.9 Å². The number of benzene rings is 1. The van der Waals surface area contributed by atoms with Crippen LogP contribution in [0, 0.1) is 5.92 Å². The van der Waals surface area contributed by atoms with Crippen LogP contribution >= 0.6 is 0 Å². The van der Waals surface area contributed by atoms with Crippen LogP contribution in [0.15, 0.2) is 12.1 Å². The van der Waals surface area contributed by atoms with Crippen LogP contribution in [0.5, 0.6) is 11.5 Å². The molecule has 0 spiro atoms. The Morgan fingerprint density at radius 2 is 2.05 bits per heavy atom. The summed E-state index contributed by atoms with van der Waals surface area (Å²) in [6.45, 7) is 4.78. The van der Waals surface area contributed by atoms with Crippen molar-refractivity contribution in [1.29, 1.82) is 0 Å². The number of hydrogen-bond acceptors (Lipinski definition) is 3. The quantitative estimate of drug-likeness (QED) is 0.843. The van der Waals surface area contributed by atoms with Crippen LogP contribution in [-0.4, -0.2) is 38.3 Å². The molecule has 0 bridgehead atoms. The van der Waals surface area contributed by atoms with Gasteiger partial charge in [0.15, 0.2) is 11.5 Å². The third-order valence-corrected chi connectivity index (χ3v) is 4.95. The maximum Gasteiger partial charge on any atom is 0.164 e. The predicted octanol–water partition coefficient (Wildman–Crippen LogP) is 2.90. The van der Waals surface area contributed by atoms with Gasteiger partial charge in [0.1, 0.15) is 0 Å².